The molecule has 0 bridgehead atoms. The molecule has 168 valence electrons. The van der Waals surface area contributed by atoms with Gasteiger partial charge in [0.15, 0.2) is 5.65 Å². The van der Waals surface area contributed by atoms with E-state index in [0.29, 0.717) is 11.2 Å². The molecule has 0 amide bonds. The quantitative estimate of drug-likeness (QED) is 0.276. The van der Waals surface area contributed by atoms with E-state index in [4.69, 9.17) is 9.97 Å². The molecule has 0 spiro atoms. The van der Waals surface area contributed by atoms with E-state index in [1.807, 2.05) is 6.20 Å². The monoisotopic (exact) mass is 477 g/mol. The zero-order chi connectivity index (χ0) is 23.6. The highest BCUT2D eigenvalue weighted by Crippen LogP contribution is 2.28. The van der Waals surface area contributed by atoms with Gasteiger partial charge in [-0.1, -0.05) is 111 Å². The Morgan fingerprint density at radius 2 is 1.12 bits per heavy atom. The Kier molecular flexibility index (Phi) is 5.81. The van der Waals surface area contributed by atoms with Crippen molar-refractivity contribution < 1.29 is 0 Å². The van der Waals surface area contributed by atoms with Crippen molar-refractivity contribution in [3.8, 4) is 0 Å². The summed E-state index contributed by atoms with van der Waals surface area (Å²) < 4.78 is 2.65. The highest BCUT2D eigenvalue weighted by molar-refractivity contribution is 7.20. The second-order valence-electron chi connectivity index (χ2n) is 9.27. The van der Waals surface area contributed by atoms with Gasteiger partial charge < -0.3 is 4.23 Å². The molecule has 0 aliphatic carbocycles. The lowest BCUT2D eigenvalue weighted by atomic mass is 10.3. The molecule has 0 saturated carbocycles. The average molecular weight is 478 g/mol. The van der Waals surface area contributed by atoms with E-state index in [2.05, 4.69) is 125 Å². The van der Waals surface area contributed by atoms with Crippen molar-refractivity contribution in [1.82, 2.24) is 19.9 Å². The fraction of sp³-hybridized carbons (Fsp3) is 0.111. The first-order valence-electron chi connectivity index (χ1n) is 11.4. The zero-order valence-electron chi connectivity index (χ0n) is 19.6. The van der Waals surface area contributed by atoms with Crippen molar-refractivity contribution in [1.29, 1.82) is 0 Å². The van der Waals surface area contributed by atoms with Crippen LogP contribution in [0.2, 0.25) is 19.6 Å². The molecular formula is C27H27N5Si2. The summed E-state index contributed by atoms with van der Waals surface area (Å²) in [6, 6.07) is 32.8. The summed E-state index contributed by atoms with van der Waals surface area (Å²) in [7, 11) is -4.81. The van der Waals surface area contributed by atoms with E-state index >= 15 is 0 Å². The molecule has 34 heavy (non-hydrogen) atoms. The van der Waals surface area contributed by atoms with E-state index in [0.717, 1.165) is 5.82 Å². The molecule has 5 nitrogen and oxygen atoms in total. The molecule has 2 aromatic heterocycles. The summed E-state index contributed by atoms with van der Waals surface area (Å²) in [4.78, 5) is 18.3. The van der Waals surface area contributed by atoms with Gasteiger partial charge in [0, 0.05) is 0 Å². The van der Waals surface area contributed by atoms with Crippen LogP contribution in [0.15, 0.2) is 110 Å². The van der Waals surface area contributed by atoms with Crippen LogP contribution in [0.1, 0.15) is 0 Å². The van der Waals surface area contributed by atoms with Crippen LogP contribution in [-0.2, 0) is 0 Å². The van der Waals surface area contributed by atoms with Crippen LogP contribution >= 0.6 is 0 Å². The molecule has 0 radical (unpaired) electrons. The van der Waals surface area contributed by atoms with E-state index in [9.17, 15) is 0 Å². The first-order valence-corrected chi connectivity index (χ1v) is 16.8. The molecule has 0 aliphatic rings. The lowest BCUT2D eigenvalue weighted by molar-refractivity contribution is 1.13. The predicted molar refractivity (Wildman–Crippen MR) is 145 cm³/mol. The van der Waals surface area contributed by atoms with E-state index < -0.39 is 16.5 Å². The Morgan fingerprint density at radius 3 is 1.59 bits per heavy atom. The lowest BCUT2D eigenvalue weighted by Crippen LogP contribution is -2.82. The molecule has 5 rings (SSSR count). The van der Waals surface area contributed by atoms with Gasteiger partial charge >= 0.3 is 0 Å². The van der Waals surface area contributed by atoms with Crippen LogP contribution in [0.3, 0.4) is 0 Å². The number of hydrogen-bond acceptors (Lipinski definition) is 5. The third kappa shape index (κ3) is 3.82. The Balaban J connectivity index is 1.92. The third-order valence-corrected chi connectivity index (χ3v) is 15.0. The third-order valence-electron chi connectivity index (χ3n) is 6.02. The standard InChI is InChI=1S/C27H27N5Si2/c1-33(2,3)32(26-20-29-27-25(31-26)19-28-21-30-27)34(22-13-7-4-8-14-22,23-15-9-5-10-16-23)24-17-11-6-12-18-24/h4-21H,1-3H3. The van der Waals surface area contributed by atoms with Crippen molar-refractivity contribution in [2.24, 2.45) is 0 Å². The lowest BCUT2D eigenvalue weighted by Gasteiger charge is -2.50. The van der Waals surface area contributed by atoms with Gasteiger partial charge in [-0.05, 0) is 15.6 Å². The van der Waals surface area contributed by atoms with Crippen LogP contribution < -0.4 is 19.8 Å². The zero-order valence-corrected chi connectivity index (χ0v) is 21.6. The summed E-state index contributed by atoms with van der Waals surface area (Å²) in [5, 5.41) is 3.96. The Hall–Kier alpha value is -3.69. The average Bonchev–Trinajstić information content (AvgIpc) is 2.88. The van der Waals surface area contributed by atoms with Gasteiger partial charge in [0.25, 0.3) is 0 Å². The van der Waals surface area contributed by atoms with Gasteiger partial charge in [0.1, 0.15) is 25.9 Å². The number of anilines is 1. The van der Waals surface area contributed by atoms with Gasteiger partial charge in [0.05, 0.1) is 12.4 Å². The number of rotatable bonds is 6. The topological polar surface area (TPSA) is 54.8 Å². The van der Waals surface area contributed by atoms with Gasteiger partial charge in [-0.3, -0.25) is 0 Å². The van der Waals surface area contributed by atoms with Crippen LogP contribution in [-0.4, -0.2) is 36.4 Å². The minimum Gasteiger partial charge on any atom is -0.398 e. The molecule has 0 saturated heterocycles. The summed E-state index contributed by atoms with van der Waals surface area (Å²) in [5.74, 6) is 0.879. The van der Waals surface area contributed by atoms with Crippen LogP contribution in [0.25, 0.3) is 11.2 Å². The highest BCUT2D eigenvalue weighted by Gasteiger charge is 2.50. The number of fused-ring (bicyclic) bond motifs is 1. The van der Waals surface area contributed by atoms with Crippen molar-refractivity contribution in [2.45, 2.75) is 19.6 Å². The predicted octanol–water partition coefficient (Wildman–Crippen LogP) is 3.73. The maximum atomic E-state index is 5.09. The molecule has 2 heterocycles. The van der Waals surface area contributed by atoms with E-state index in [1.165, 1.54) is 21.9 Å². The molecule has 5 aromatic rings. The smallest absolute Gasteiger partial charge is 0.246 e. The Bertz CT molecular complexity index is 1290. The molecule has 0 unspecified atom stereocenters. The van der Waals surface area contributed by atoms with Crippen LogP contribution in [0.4, 0.5) is 5.82 Å². The number of hydrogen-bond donors (Lipinski definition) is 0. The second-order valence-corrected chi connectivity index (χ2v) is 18.1. The van der Waals surface area contributed by atoms with Crippen LogP contribution in [0.5, 0.6) is 0 Å². The maximum Gasteiger partial charge on any atom is 0.246 e. The second kappa shape index (κ2) is 8.92. The van der Waals surface area contributed by atoms with Gasteiger partial charge in [0.2, 0.25) is 8.24 Å². The molecular weight excluding hydrogens is 451 g/mol. The summed E-state index contributed by atoms with van der Waals surface area (Å²) in [5.41, 5.74) is 1.32. The minimum atomic E-state index is -2.77. The number of nitrogens with zero attached hydrogens (tertiary/aromatic N) is 5. The fourth-order valence-electron chi connectivity index (χ4n) is 4.82. The maximum absolute atomic E-state index is 5.09. The summed E-state index contributed by atoms with van der Waals surface area (Å²) in [6.45, 7) is 7.16. The number of benzene rings is 3. The van der Waals surface area contributed by atoms with Crippen molar-refractivity contribution in [3.63, 3.8) is 0 Å². The molecule has 0 fully saturated rings. The minimum absolute atomic E-state index is 0.612. The van der Waals surface area contributed by atoms with Crippen molar-refractivity contribution in [3.05, 3.63) is 110 Å². The van der Waals surface area contributed by atoms with Crippen molar-refractivity contribution in [2.75, 3.05) is 4.23 Å². The van der Waals surface area contributed by atoms with E-state index in [-0.39, 0.29) is 0 Å². The molecule has 0 aliphatic heterocycles. The largest absolute Gasteiger partial charge is 0.398 e. The summed E-state index contributed by atoms with van der Waals surface area (Å²) >= 11 is 0. The fourth-order valence-corrected chi connectivity index (χ4v) is 15.0. The summed E-state index contributed by atoms with van der Waals surface area (Å²) in [6.07, 6.45) is 5.16. The normalized spacial score (nSPS) is 12.0. The molecule has 3 aromatic carbocycles. The number of aromatic nitrogens is 4. The molecule has 7 heteroatoms. The molecule has 0 atom stereocenters. The van der Waals surface area contributed by atoms with Crippen molar-refractivity contribution >= 4 is 49.0 Å². The van der Waals surface area contributed by atoms with E-state index in [1.54, 1.807) is 6.20 Å². The van der Waals surface area contributed by atoms with Gasteiger partial charge in [-0.2, -0.15) is 0 Å². The first-order chi connectivity index (χ1) is 16.5. The highest BCUT2D eigenvalue weighted by atomic mass is 28.4. The van der Waals surface area contributed by atoms with Gasteiger partial charge in [-0.25, -0.2) is 19.9 Å². The Labute approximate surface area is 202 Å². The first kappa shape index (κ1) is 22.1. The molecule has 0 N–H and O–H groups in total. The SMILES string of the molecule is C[Si](C)(C)N(c1cnc2ncncc2n1)[Si](c1ccccc1)(c1ccccc1)c1ccccc1. The van der Waals surface area contributed by atoms with Crippen LogP contribution in [0, 0.1) is 0 Å². The Morgan fingerprint density at radius 1 is 0.618 bits per heavy atom. The van der Waals surface area contributed by atoms with Gasteiger partial charge in [-0.15, -0.1) is 0 Å².